The smallest absolute Gasteiger partial charge is 0.315 e. The summed E-state index contributed by atoms with van der Waals surface area (Å²) in [6, 6.07) is 3.78. The van der Waals surface area contributed by atoms with Crippen molar-refractivity contribution in [1.82, 2.24) is 10.6 Å². The average molecular weight is 336 g/mol. The summed E-state index contributed by atoms with van der Waals surface area (Å²) in [7, 11) is 0. The summed E-state index contributed by atoms with van der Waals surface area (Å²) in [6.07, 6.45) is 6.37. The molecule has 1 unspecified atom stereocenters. The number of carbonyl (C=O) groups excluding carboxylic acids is 1. The number of rotatable bonds is 4. The molecule has 0 radical (unpaired) electrons. The van der Waals surface area contributed by atoms with Gasteiger partial charge in [0.15, 0.2) is 0 Å². The van der Waals surface area contributed by atoms with Gasteiger partial charge in [-0.2, -0.15) is 0 Å². The van der Waals surface area contributed by atoms with Crippen LogP contribution >= 0.6 is 0 Å². The molecule has 1 aromatic rings. The molecular formula is C19H26F2N2O. The van der Waals surface area contributed by atoms with Crippen molar-refractivity contribution >= 4 is 6.03 Å². The maximum absolute atomic E-state index is 14.3. The van der Waals surface area contributed by atoms with Crippen molar-refractivity contribution in [3.05, 3.63) is 35.4 Å². The first kappa shape index (κ1) is 17.2. The topological polar surface area (TPSA) is 41.1 Å². The van der Waals surface area contributed by atoms with Crippen LogP contribution in [0.15, 0.2) is 18.2 Å². The zero-order valence-corrected chi connectivity index (χ0v) is 14.4. The number of carbonyl (C=O) groups is 1. The predicted molar refractivity (Wildman–Crippen MR) is 89.8 cm³/mol. The maximum Gasteiger partial charge on any atom is 0.315 e. The van der Waals surface area contributed by atoms with Crippen LogP contribution in [-0.2, 0) is 5.41 Å². The van der Waals surface area contributed by atoms with E-state index < -0.39 is 17.0 Å². The summed E-state index contributed by atoms with van der Waals surface area (Å²) in [4.78, 5) is 12.2. The van der Waals surface area contributed by atoms with Gasteiger partial charge in [-0.1, -0.05) is 39.2 Å². The molecule has 0 heterocycles. The highest BCUT2D eigenvalue weighted by Gasteiger charge is 2.62. The first-order valence-corrected chi connectivity index (χ1v) is 8.84. The fourth-order valence-electron chi connectivity index (χ4n) is 4.16. The van der Waals surface area contributed by atoms with E-state index in [2.05, 4.69) is 24.5 Å². The van der Waals surface area contributed by atoms with E-state index in [1.807, 2.05) is 0 Å². The van der Waals surface area contributed by atoms with Gasteiger partial charge in [-0.25, -0.2) is 13.6 Å². The Kier molecular flexibility index (Phi) is 4.54. The van der Waals surface area contributed by atoms with Crippen LogP contribution in [0.2, 0.25) is 0 Å². The van der Waals surface area contributed by atoms with E-state index in [1.165, 1.54) is 18.6 Å². The molecule has 132 valence electrons. The van der Waals surface area contributed by atoms with Crippen LogP contribution in [0.1, 0.15) is 57.9 Å². The minimum absolute atomic E-state index is 0.121. The number of benzene rings is 1. The van der Waals surface area contributed by atoms with Gasteiger partial charge in [0.05, 0.1) is 0 Å². The lowest BCUT2D eigenvalue weighted by Crippen LogP contribution is -2.46. The van der Waals surface area contributed by atoms with Crippen molar-refractivity contribution in [2.75, 3.05) is 6.54 Å². The van der Waals surface area contributed by atoms with Gasteiger partial charge in [0.25, 0.3) is 0 Å². The number of amides is 2. The second kappa shape index (κ2) is 6.34. The quantitative estimate of drug-likeness (QED) is 0.847. The van der Waals surface area contributed by atoms with Gasteiger partial charge in [0, 0.05) is 24.1 Å². The summed E-state index contributed by atoms with van der Waals surface area (Å²) in [5, 5.41) is 5.94. The largest absolute Gasteiger partial charge is 0.337 e. The van der Waals surface area contributed by atoms with Crippen molar-refractivity contribution < 1.29 is 13.6 Å². The maximum atomic E-state index is 14.3. The lowest BCUT2D eigenvalue weighted by Gasteiger charge is -2.25. The Morgan fingerprint density at radius 2 is 1.88 bits per heavy atom. The second-order valence-electron chi connectivity index (χ2n) is 7.93. The van der Waals surface area contributed by atoms with Crippen LogP contribution < -0.4 is 10.6 Å². The third-order valence-corrected chi connectivity index (χ3v) is 5.85. The number of urea groups is 1. The normalized spacial score (nSPS) is 26.0. The summed E-state index contributed by atoms with van der Waals surface area (Å²) >= 11 is 0. The lowest BCUT2D eigenvalue weighted by molar-refractivity contribution is 0.230. The van der Waals surface area contributed by atoms with E-state index in [1.54, 1.807) is 0 Å². The molecule has 24 heavy (non-hydrogen) atoms. The molecule has 2 fully saturated rings. The van der Waals surface area contributed by atoms with E-state index in [0.29, 0.717) is 12.1 Å². The molecule has 0 aliphatic heterocycles. The molecule has 2 aliphatic carbocycles. The van der Waals surface area contributed by atoms with Gasteiger partial charge >= 0.3 is 6.03 Å². The molecule has 0 bridgehead atoms. The third-order valence-electron chi connectivity index (χ3n) is 5.85. The van der Waals surface area contributed by atoms with Crippen molar-refractivity contribution in [2.45, 2.75) is 63.8 Å². The zero-order valence-electron chi connectivity index (χ0n) is 14.4. The summed E-state index contributed by atoms with van der Waals surface area (Å²) in [6.45, 7) is 4.47. The Labute approximate surface area is 142 Å². The molecule has 2 aliphatic rings. The van der Waals surface area contributed by atoms with Gasteiger partial charge in [-0.3, -0.25) is 0 Å². The van der Waals surface area contributed by atoms with Crippen LogP contribution in [0.4, 0.5) is 13.6 Å². The highest BCUT2D eigenvalue weighted by atomic mass is 19.1. The third kappa shape index (κ3) is 3.26. The molecular weight excluding hydrogens is 310 g/mol. The van der Waals surface area contributed by atoms with E-state index in [4.69, 9.17) is 0 Å². The van der Waals surface area contributed by atoms with Gasteiger partial charge in [-0.05, 0) is 36.3 Å². The fraction of sp³-hybridized carbons (Fsp3) is 0.632. The Balaban J connectivity index is 1.65. The molecule has 3 rings (SSSR count). The van der Waals surface area contributed by atoms with E-state index >= 15 is 0 Å². The Hall–Kier alpha value is -1.65. The minimum atomic E-state index is -0.576. The number of hydrogen-bond donors (Lipinski definition) is 2. The fourth-order valence-corrected chi connectivity index (χ4v) is 4.16. The minimum Gasteiger partial charge on any atom is -0.337 e. The molecule has 0 saturated heterocycles. The molecule has 1 atom stereocenters. The average Bonchev–Trinajstić information content (AvgIpc) is 3.08. The highest BCUT2D eigenvalue weighted by Crippen LogP contribution is 2.64. The predicted octanol–water partition coefficient (Wildman–Crippen LogP) is 4.26. The molecule has 3 nitrogen and oxygen atoms in total. The first-order valence-electron chi connectivity index (χ1n) is 8.84. The van der Waals surface area contributed by atoms with Gasteiger partial charge in [-0.15, -0.1) is 0 Å². The summed E-state index contributed by atoms with van der Waals surface area (Å²) < 4.78 is 27.5. The summed E-state index contributed by atoms with van der Waals surface area (Å²) in [5.41, 5.74) is -0.0924. The molecule has 5 heteroatoms. The van der Waals surface area contributed by atoms with Gasteiger partial charge in [0.1, 0.15) is 11.6 Å². The van der Waals surface area contributed by atoms with Crippen molar-refractivity contribution in [3.8, 4) is 0 Å². The molecule has 0 spiro atoms. The zero-order chi connectivity index (χ0) is 17.4. The number of halogens is 2. The molecule has 0 aromatic heterocycles. The second-order valence-corrected chi connectivity index (χ2v) is 7.93. The molecule has 1 aromatic carbocycles. The van der Waals surface area contributed by atoms with Crippen LogP contribution in [0.3, 0.4) is 0 Å². The van der Waals surface area contributed by atoms with Crippen LogP contribution in [0.25, 0.3) is 0 Å². The van der Waals surface area contributed by atoms with Crippen molar-refractivity contribution in [1.29, 1.82) is 0 Å². The van der Waals surface area contributed by atoms with Crippen LogP contribution in [0.5, 0.6) is 0 Å². The Morgan fingerprint density at radius 1 is 1.21 bits per heavy atom. The van der Waals surface area contributed by atoms with E-state index in [0.717, 1.165) is 38.2 Å². The molecule has 2 N–H and O–H groups in total. The highest BCUT2D eigenvalue weighted by molar-refractivity contribution is 5.74. The Bertz CT molecular complexity index is 626. The lowest BCUT2D eigenvalue weighted by atomic mass is 9.87. The first-order chi connectivity index (χ1) is 11.3. The van der Waals surface area contributed by atoms with E-state index in [-0.39, 0.29) is 17.5 Å². The standard InChI is InChI=1S/C19H26F2N2O/c1-18(2)11-19(18,15-9-8-13(20)10-16(15)21)12-22-17(24)23-14-6-4-3-5-7-14/h8-10,14H,3-7,11-12H2,1-2H3,(H2,22,23,24). The van der Waals surface area contributed by atoms with Crippen LogP contribution in [-0.4, -0.2) is 18.6 Å². The monoisotopic (exact) mass is 336 g/mol. The van der Waals surface area contributed by atoms with Crippen LogP contribution in [0, 0.1) is 17.0 Å². The summed E-state index contributed by atoms with van der Waals surface area (Å²) in [5.74, 6) is -1.11. The SMILES string of the molecule is CC1(C)CC1(CNC(=O)NC1CCCCC1)c1ccc(F)cc1F. The van der Waals surface area contributed by atoms with E-state index in [9.17, 15) is 13.6 Å². The molecule has 2 saturated carbocycles. The Morgan fingerprint density at radius 3 is 2.46 bits per heavy atom. The van der Waals surface area contributed by atoms with Gasteiger partial charge < -0.3 is 10.6 Å². The van der Waals surface area contributed by atoms with Gasteiger partial charge in [0.2, 0.25) is 0 Å². The number of hydrogen-bond acceptors (Lipinski definition) is 1. The van der Waals surface area contributed by atoms with Crippen molar-refractivity contribution in [3.63, 3.8) is 0 Å². The molecule has 2 amide bonds. The number of nitrogens with one attached hydrogen (secondary N) is 2. The van der Waals surface area contributed by atoms with Crippen molar-refractivity contribution in [2.24, 2.45) is 5.41 Å².